The van der Waals surface area contributed by atoms with Gasteiger partial charge in [0.1, 0.15) is 23.2 Å². The van der Waals surface area contributed by atoms with Crippen molar-refractivity contribution in [2.45, 2.75) is 33.4 Å². The van der Waals surface area contributed by atoms with Gasteiger partial charge in [0.25, 0.3) is 5.91 Å². The number of amides is 1. The minimum Gasteiger partial charge on any atom is -0.322 e. The Morgan fingerprint density at radius 1 is 0.676 bits per heavy atom. The predicted octanol–water partition coefficient (Wildman–Crippen LogP) is 5.93. The van der Waals surface area contributed by atoms with E-state index in [-0.39, 0.29) is 44.3 Å². The molecule has 0 spiro atoms. The number of nitrogens with one attached hydrogen (secondary N) is 1. The summed E-state index contributed by atoms with van der Waals surface area (Å²) in [6.07, 6.45) is 0. The van der Waals surface area contributed by atoms with Gasteiger partial charge in [0.05, 0.1) is 0 Å². The number of carbonyl (C=O) groups excluding carboxylic acids is 1. The van der Waals surface area contributed by atoms with Gasteiger partial charge in [-0.25, -0.2) is 0 Å². The van der Waals surface area contributed by atoms with Crippen LogP contribution in [0.15, 0.2) is 103 Å². The minimum absolute atomic E-state index is 0. The van der Waals surface area contributed by atoms with Gasteiger partial charge in [-0.2, -0.15) is 0 Å². The molecule has 0 saturated carbocycles. The van der Waals surface area contributed by atoms with E-state index < -0.39 is 7.26 Å². The van der Waals surface area contributed by atoms with Gasteiger partial charge in [-0.15, -0.1) is 0 Å². The Balaban J connectivity index is 0.00000324. The van der Waals surface area contributed by atoms with Crippen LogP contribution in [0.1, 0.15) is 23.6 Å². The van der Waals surface area contributed by atoms with Crippen LogP contribution in [0.2, 0.25) is 0 Å². The molecule has 1 radical (unpaired) electrons. The van der Waals surface area contributed by atoms with Crippen LogP contribution in [0.5, 0.6) is 0 Å². The van der Waals surface area contributed by atoms with Crippen molar-refractivity contribution in [1.82, 2.24) is 0 Å². The summed E-state index contributed by atoms with van der Waals surface area (Å²) in [6.45, 7) is 8.31. The number of hydrogen-bond donors (Lipinski definition) is 1. The number of carbonyl (C=O) groups is 1. The molecular weight excluding hydrogens is 510 g/mol. The third kappa shape index (κ3) is 5.10. The van der Waals surface area contributed by atoms with Crippen LogP contribution >= 0.6 is 7.26 Å². The number of anilines is 1. The topological polar surface area (TPSA) is 29.1 Å². The van der Waals surface area contributed by atoms with Crippen molar-refractivity contribution in [1.29, 1.82) is 0 Å². The zero-order valence-electron chi connectivity index (χ0n) is 20.3. The number of aryl methyl sites for hydroxylation is 3. The molecule has 4 aromatic carbocycles. The van der Waals surface area contributed by atoms with Gasteiger partial charge in [0.2, 0.25) is 0 Å². The number of benzene rings is 4. The second kappa shape index (κ2) is 11.5. The Morgan fingerprint density at radius 3 is 1.38 bits per heavy atom. The summed E-state index contributed by atoms with van der Waals surface area (Å²) in [5, 5.41) is 6.94. The van der Waals surface area contributed by atoms with Crippen LogP contribution in [0.4, 0.5) is 5.69 Å². The van der Waals surface area contributed by atoms with Gasteiger partial charge in [0.15, 0.2) is 5.66 Å². The van der Waals surface area contributed by atoms with Gasteiger partial charge >= 0.3 is 0 Å². The molecule has 0 saturated heterocycles. The molecule has 0 heterocycles. The SMILES string of the molecule is Cc1cc(C)c(NC(=O)C(C)[P+](c2ccccc2)(c2ccccc2)c2ccccc2)c(C)c1.[Y]. The van der Waals surface area contributed by atoms with E-state index >= 15 is 0 Å². The first-order valence-electron chi connectivity index (χ1n) is 11.4. The van der Waals surface area contributed by atoms with Crippen LogP contribution in [-0.4, -0.2) is 11.6 Å². The first-order valence-corrected chi connectivity index (χ1v) is 13.2. The normalized spacial score (nSPS) is 11.9. The van der Waals surface area contributed by atoms with Crippen LogP contribution in [0, 0.1) is 20.8 Å². The maximum absolute atomic E-state index is 14.0. The van der Waals surface area contributed by atoms with Crippen molar-refractivity contribution in [3.8, 4) is 0 Å². The zero-order chi connectivity index (χ0) is 23.4. The molecule has 0 fully saturated rings. The molecule has 1 N–H and O–H groups in total. The van der Waals surface area contributed by atoms with E-state index in [0.717, 1.165) is 16.8 Å². The van der Waals surface area contributed by atoms with E-state index in [4.69, 9.17) is 0 Å². The Kier molecular flexibility index (Phi) is 8.99. The summed E-state index contributed by atoms with van der Waals surface area (Å²) in [5.74, 6) is 0.0509. The second-order valence-corrected chi connectivity index (χ2v) is 12.4. The Labute approximate surface area is 229 Å². The molecule has 169 valence electrons. The van der Waals surface area contributed by atoms with Crippen molar-refractivity contribution >= 4 is 34.8 Å². The monoisotopic (exact) mass is 541 g/mol. The van der Waals surface area contributed by atoms with E-state index in [1.165, 1.54) is 21.5 Å². The fourth-order valence-electron chi connectivity index (χ4n) is 4.89. The van der Waals surface area contributed by atoms with E-state index in [0.29, 0.717) is 0 Å². The van der Waals surface area contributed by atoms with Crippen molar-refractivity contribution in [2.24, 2.45) is 0 Å². The quantitative estimate of drug-likeness (QED) is 0.302. The molecule has 4 aromatic rings. The largest absolute Gasteiger partial charge is 0.322 e. The fourth-order valence-corrected chi connectivity index (χ4v) is 9.47. The first kappa shape index (κ1) is 26.5. The molecule has 1 atom stereocenters. The van der Waals surface area contributed by atoms with E-state index in [1.807, 2.05) is 18.2 Å². The smallest absolute Gasteiger partial charge is 0.266 e. The first-order chi connectivity index (χ1) is 15.9. The van der Waals surface area contributed by atoms with Gasteiger partial charge in [-0.1, -0.05) is 72.3 Å². The average Bonchev–Trinajstić information content (AvgIpc) is 2.84. The molecule has 0 aliphatic rings. The van der Waals surface area contributed by atoms with Crippen LogP contribution in [-0.2, 0) is 37.5 Å². The van der Waals surface area contributed by atoms with Crippen LogP contribution < -0.4 is 21.2 Å². The summed E-state index contributed by atoms with van der Waals surface area (Å²) >= 11 is 0. The van der Waals surface area contributed by atoms with Crippen molar-refractivity contribution in [3.63, 3.8) is 0 Å². The fraction of sp³-hybridized carbons (Fsp3) is 0.167. The minimum atomic E-state index is -2.29. The molecular formula is C30H31NOPY+. The van der Waals surface area contributed by atoms with Crippen LogP contribution in [0.3, 0.4) is 0 Å². The molecule has 0 aliphatic heterocycles. The maximum atomic E-state index is 14.0. The molecule has 4 rings (SSSR count). The maximum Gasteiger partial charge on any atom is 0.266 e. The molecule has 0 bridgehead atoms. The molecule has 0 aliphatic carbocycles. The van der Waals surface area contributed by atoms with Crippen LogP contribution in [0.25, 0.3) is 0 Å². The third-order valence-corrected chi connectivity index (χ3v) is 11.1. The molecule has 1 unspecified atom stereocenters. The summed E-state index contributed by atoms with van der Waals surface area (Å²) < 4.78 is 0. The summed E-state index contributed by atoms with van der Waals surface area (Å²) in [5.41, 5.74) is 4.05. The molecule has 4 heteroatoms. The van der Waals surface area contributed by atoms with E-state index in [2.05, 4.69) is 118 Å². The summed E-state index contributed by atoms with van der Waals surface area (Å²) in [6, 6.07) is 35.9. The Morgan fingerprint density at radius 2 is 1.03 bits per heavy atom. The summed E-state index contributed by atoms with van der Waals surface area (Å²) in [4.78, 5) is 14.0. The average molecular weight is 541 g/mol. The third-order valence-electron chi connectivity index (χ3n) is 6.38. The Bertz CT molecular complexity index is 1120. The number of hydrogen-bond acceptors (Lipinski definition) is 1. The van der Waals surface area contributed by atoms with Gasteiger partial charge in [-0.3, -0.25) is 4.79 Å². The van der Waals surface area contributed by atoms with E-state index in [9.17, 15) is 4.79 Å². The molecule has 1 amide bonds. The second-order valence-electron chi connectivity index (χ2n) is 8.67. The van der Waals surface area contributed by atoms with Crippen molar-refractivity contribution in [2.75, 3.05) is 5.32 Å². The number of rotatable bonds is 6. The van der Waals surface area contributed by atoms with Gasteiger partial charge < -0.3 is 5.32 Å². The Hall–Kier alpha value is -2.12. The summed E-state index contributed by atoms with van der Waals surface area (Å²) in [7, 11) is -2.29. The molecule has 0 aromatic heterocycles. The van der Waals surface area contributed by atoms with Crippen molar-refractivity contribution < 1.29 is 37.5 Å². The van der Waals surface area contributed by atoms with Gasteiger partial charge in [0, 0.05) is 38.4 Å². The van der Waals surface area contributed by atoms with Crippen molar-refractivity contribution in [3.05, 3.63) is 120 Å². The zero-order valence-corrected chi connectivity index (χ0v) is 24.1. The standard InChI is InChI=1S/C30H30NOP.Y/c1-22-20-23(2)29(24(3)21-22)31-30(32)25(4)33(26-14-8-5-9-15-26,27-16-10-6-11-17-27)28-18-12-7-13-19-28;/h5-21,25H,1-4H3;/p+1. The van der Waals surface area contributed by atoms with E-state index in [1.54, 1.807) is 0 Å². The molecule has 2 nitrogen and oxygen atoms in total. The van der Waals surface area contributed by atoms with Gasteiger partial charge in [-0.05, 0) is 75.2 Å². The molecule has 34 heavy (non-hydrogen) atoms. The predicted molar refractivity (Wildman–Crippen MR) is 144 cm³/mol.